The molecule has 92 valence electrons. The van der Waals surface area contributed by atoms with Crippen molar-refractivity contribution >= 4 is 5.69 Å². The molecule has 3 heteroatoms. The number of ether oxygens (including phenoxy) is 1. The Bertz CT molecular complexity index is 399. The Hall–Kier alpha value is -1.22. The highest BCUT2D eigenvalue weighted by Crippen LogP contribution is 2.37. The van der Waals surface area contributed by atoms with Gasteiger partial charge in [0.2, 0.25) is 0 Å². The predicted octanol–water partition coefficient (Wildman–Crippen LogP) is 2.62. The van der Waals surface area contributed by atoms with Crippen molar-refractivity contribution < 1.29 is 4.74 Å². The molecule has 2 aliphatic rings. The van der Waals surface area contributed by atoms with Gasteiger partial charge in [0.15, 0.2) is 0 Å². The third kappa shape index (κ3) is 2.12. The van der Waals surface area contributed by atoms with Gasteiger partial charge in [0.05, 0.1) is 6.61 Å². The number of hydrogen-bond acceptors (Lipinski definition) is 3. The number of nitrogens with two attached hydrogens (primary N) is 1. The summed E-state index contributed by atoms with van der Waals surface area (Å²) in [5.74, 6) is 0.965. The van der Waals surface area contributed by atoms with Crippen molar-refractivity contribution in [3.8, 4) is 5.75 Å². The summed E-state index contributed by atoms with van der Waals surface area (Å²) in [6, 6.07) is 7.01. The maximum Gasteiger partial charge on any atom is 0.126 e. The van der Waals surface area contributed by atoms with Crippen LogP contribution in [0.5, 0.6) is 5.75 Å². The summed E-state index contributed by atoms with van der Waals surface area (Å²) in [5.41, 5.74) is 8.12. The van der Waals surface area contributed by atoms with Crippen molar-refractivity contribution in [2.24, 2.45) is 0 Å². The highest BCUT2D eigenvalue weighted by atomic mass is 16.5. The van der Waals surface area contributed by atoms with Gasteiger partial charge < -0.3 is 15.8 Å². The van der Waals surface area contributed by atoms with Gasteiger partial charge in [0.1, 0.15) is 5.75 Å². The lowest BCUT2D eigenvalue weighted by atomic mass is 9.97. The van der Waals surface area contributed by atoms with Crippen LogP contribution in [0.25, 0.3) is 0 Å². The van der Waals surface area contributed by atoms with Gasteiger partial charge in [-0.2, -0.15) is 0 Å². The molecular weight excluding hydrogens is 212 g/mol. The summed E-state index contributed by atoms with van der Waals surface area (Å²) in [7, 11) is 0. The Kier molecular flexibility index (Phi) is 2.93. The van der Waals surface area contributed by atoms with Gasteiger partial charge in [0, 0.05) is 29.8 Å². The van der Waals surface area contributed by atoms with E-state index in [1.165, 1.54) is 31.2 Å². The van der Waals surface area contributed by atoms with Crippen molar-refractivity contribution in [2.45, 2.75) is 44.2 Å². The van der Waals surface area contributed by atoms with Gasteiger partial charge in [-0.3, -0.25) is 0 Å². The molecule has 0 bridgehead atoms. The van der Waals surface area contributed by atoms with Gasteiger partial charge in [-0.05, 0) is 25.0 Å². The lowest BCUT2D eigenvalue weighted by Crippen LogP contribution is -2.34. The minimum Gasteiger partial charge on any atom is -0.493 e. The van der Waals surface area contributed by atoms with E-state index >= 15 is 0 Å². The third-order valence-electron chi connectivity index (χ3n) is 3.90. The second kappa shape index (κ2) is 4.57. The number of rotatable bonds is 2. The lowest BCUT2D eigenvalue weighted by Gasteiger charge is -2.30. The molecule has 3 nitrogen and oxygen atoms in total. The number of benzene rings is 1. The second-order valence-corrected chi connectivity index (χ2v) is 5.10. The molecule has 1 fully saturated rings. The normalized spacial score (nSPS) is 24.4. The highest BCUT2D eigenvalue weighted by Gasteiger charge is 2.26. The summed E-state index contributed by atoms with van der Waals surface area (Å²) in [6.45, 7) is 0.792. The van der Waals surface area contributed by atoms with Crippen molar-refractivity contribution in [3.63, 3.8) is 0 Å². The summed E-state index contributed by atoms with van der Waals surface area (Å²) in [4.78, 5) is 0. The lowest BCUT2D eigenvalue weighted by molar-refractivity contribution is 0.245. The first kappa shape index (κ1) is 10.9. The Morgan fingerprint density at radius 2 is 2.00 bits per heavy atom. The van der Waals surface area contributed by atoms with E-state index in [-0.39, 0.29) is 0 Å². The molecule has 3 rings (SSSR count). The van der Waals surface area contributed by atoms with E-state index in [0.29, 0.717) is 12.1 Å². The van der Waals surface area contributed by atoms with Crippen LogP contribution < -0.4 is 15.8 Å². The molecule has 0 saturated heterocycles. The number of fused-ring (bicyclic) bond motifs is 1. The summed E-state index contributed by atoms with van der Waals surface area (Å²) in [5, 5.41) is 3.75. The van der Waals surface area contributed by atoms with Crippen LogP contribution in [0.4, 0.5) is 5.69 Å². The molecule has 1 aromatic carbocycles. The first-order valence-electron chi connectivity index (χ1n) is 6.62. The number of nitrogens with one attached hydrogen (secondary N) is 1. The zero-order chi connectivity index (χ0) is 11.7. The van der Waals surface area contributed by atoms with E-state index in [1.807, 2.05) is 18.2 Å². The standard InChI is InChI=1S/C14H20N2O/c15-11-6-3-7-13-14(11)12(8-9-17-13)16-10-4-1-2-5-10/h3,6-7,10,12,16H,1-2,4-5,8-9,15H2. The predicted molar refractivity (Wildman–Crippen MR) is 69.1 cm³/mol. The fourth-order valence-corrected chi connectivity index (χ4v) is 3.03. The molecule has 1 aliphatic heterocycles. The van der Waals surface area contributed by atoms with Crippen LogP contribution >= 0.6 is 0 Å². The molecule has 1 saturated carbocycles. The quantitative estimate of drug-likeness (QED) is 0.771. The number of anilines is 1. The van der Waals surface area contributed by atoms with Crippen LogP contribution in [0.2, 0.25) is 0 Å². The first-order chi connectivity index (χ1) is 8.34. The zero-order valence-corrected chi connectivity index (χ0v) is 10.1. The van der Waals surface area contributed by atoms with Crippen LogP contribution in [0, 0.1) is 0 Å². The molecule has 0 amide bonds. The van der Waals surface area contributed by atoms with E-state index < -0.39 is 0 Å². The highest BCUT2D eigenvalue weighted by molar-refractivity contribution is 5.56. The maximum absolute atomic E-state index is 6.09. The topological polar surface area (TPSA) is 47.3 Å². The van der Waals surface area contributed by atoms with E-state index in [1.54, 1.807) is 0 Å². The molecule has 0 spiro atoms. The van der Waals surface area contributed by atoms with Gasteiger partial charge >= 0.3 is 0 Å². The van der Waals surface area contributed by atoms with Crippen molar-refractivity contribution in [3.05, 3.63) is 23.8 Å². The number of nitrogen functional groups attached to an aromatic ring is 1. The molecule has 3 N–H and O–H groups in total. The van der Waals surface area contributed by atoms with Crippen LogP contribution in [0.15, 0.2) is 18.2 Å². The molecule has 0 aromatic heterocycles. The molecule has 0 radical (unpaired) electrons. The molecule has 1 atom stereocenters. The SMILES string of the molecule is Nc1cccc2c1C(NC1CCCC1)CCO2. The molecule has 1 heterocycles. The second-order valence-electron chi connectivity index (χ2n) is 5.10. The van der Waals surface area contributed by atoms with E-state index in [2.05, 4.69) is 5.32 Å². The minimum atomic E-state index is 0.378. The van der Waals surface area contributed by atoms with E-state index in [9.17, 15) is 0 Å². The van der Waals surface area contributed by atoms with Gasteiger partial charge in [0.25, 0.3) is 0 Å². The molecule has 1 aromatic rings. The fraction of sp³-hybridized carbons (Fsp3) is 0.571. The van der Waals surface area contributed by atoms with Crippen molar-refractivity contribution in [1.29, 1.82) is 0 Å². The molecule has 17 heavy (non-hydrogen) atoms. The van der Waals surface area contributed by atoms with Crippen LogP contribution in [0.3, 0.4) is 0 Å². The molecule has 1 aliphatic carbocycles. The smallest absolute Gasteiger partial charge is 0.126 e. The number of hydrogen-bond donors (Lipinski definition) is 2. The minimum absolute atomic E-state index is 0.378. The fourth-order valence-electron chi connectivity index (χ4n) is 3.03. The van der Waals surface area contributed by atoms with Crippen LogP contribution in [0.1, 0.15) is 43.7 Å². The first-order valence-corrected chi connectivity index (χ1v) is 6.62. The Morgan fingerprint density at radius 1 is 1.18 bits per heavy atom. The third-order valence-corrected chi connectivity index (χ3v) is 3.90. The summed E-state index contributed by atoms with van der Waals surface area (Å²) in [6.07, 6.45) is 6.35. The zero-order valence-electron chi connectivity index (χ0n) is 10.1. The average molecular weight is 232 g/mol. The summed E-state index contributed by atoms with van der Waals surface area (Å²) >= 11 is 0. The largest absolute Gasteiger partial charge is 0.493 e. The Balaban J connectivity index is 1.83. The monoisotopic (exact) mass is 232 g/mol. The Morgan fingerprint density at radius 3 is 2.82 bits per heavy atom. The summed E-state index contributed by atoms with van der Waals surface area (Å²) < 4.78 is 5.68. The van der Waals surface area contributed by atoms with E-state index in [0.717, 1.165) is 24.5 Å². The Labute approximate surface area is 102 Å². The van der Waals surface area contributed by atoms with E-state index in [4.69, 9.17) is 10.5 Å². The molecular formula is C14H20N2O. The van der Waals surface area contributed by atoms with Gasteiger partial charge in [-0.15, -0.1) is 0 Å². The van der Waals surface area contributed by atoms with Crippen LogP contribution in [-0.4, -0.2) is 12.6 Å². The maximum atomic E-state index is 6.09. The van der Waals surface area contributed by atoms with Crippen molar-refractivity contribution in [1.82, 2.24) is 5.32 Å². The van der Waals surface area contributed by atoms with Crippen LogP contribution in [-0.2, 0) is 0 Å². The van der Waals surface area contributed by atoms with Gasteiger partial charge in [-0.1, -0.05) is 18.9 Å². The van der Waals surface area contributed by atoms with Crippen molar-refractivity contribution in [2.75, 3.05) is 12.3 Å². The average Bonchev–Trinajstić information content (AvgIpc) is 2.82. The molecule has 1 unspecified atom stereocenters. The van der Waals surface area contributed by atoms with Gasteiger partial charge in [-0.25, -0.2) is 0 Å².